The van der Waals surface area contributed by atoms with E-state index in [4.69, 9.17) is 9.47 Å². The first-order chi connectivity index (χ1) is 13.9. The maximum Gasteiger partial charge on any atom is 0.255 e. The Morgan fingerprint density at radius 3 is 2.52 bits per heavy atom. The Kier molecular flexibility index (Phi) is 9.39. The van der Waals surface area contributed by atoms with Crippen molar-refractivity contribution in [2.24, 2.45) is 5.92 Å². The number of nitrogens with zero attached hydrogens (tertiary/aromatic N) is 1. The summed E-state index contributed by atoms with van der Waals surface area (Å²) in [5, 5.41) is 2.88. The van der Waals surface area contributed by atoms with Crippen LogP contribution in [0.5, 0.6) is 5.75 Å². The highest BCUT2D eigenvalue weighted by Gasteiger charge is 2.28. The molecule has 164 valence electrons. The van der Waals surface area contributed by atoms with E-state index < -0.39 is 10.0 Å². The van der Waals surface area contributed by atoms with E-state index in [0.29, 0.717) is 38.6 Å². The quantitative estimate of drug-likeness (QED) is 0.550. The van der Waals surface area contributed by atoms with Crippen LogP contribution in [0.25, 0.3) is 0 Å². The van der Waals surface area contributed by atoms with Gasteiger partial charge in [-0.2, -0.15) is 4.31 Å². The fourth-order valence-electron chi connectivity index (χ4n) is 3.29. The first kappa shape index (κ1) is 23.6. The minimum absolute atomic E-state index is 0.0963. The lowest BCUT2D eigenvalue weighted by atomic mass is 10.0. The van der Waals surface area contributed by atoms with Gasteiger partial charge in [-0.05, 0) is 30.5 Å². The van der Waals surface area contributed by atoms with E-state index in [2.05, 4.69) is 19.2 Å². The van der Waals surface area contributed by atoms with Crippen molar-refractivity contribution in [3.8, 4) is 5.75 Å². The van der Waals surface area contributed by atoms with Crippen LogP contribution >= 0.6 is 0 Å². The van der Waals surface area contributed by atoms with E-state index in [0.717, 1.165) is 25.2 Å². The van der Waals surface area contributed by atoms with E-state index in [1.807, 2.05) is 0 Å². The Morgan fingerprint density at radius 1 is 1.17 bits per heavy atom. The van der Waals surface area contributed by atoms with Crippen LogP contribution in [0.4, 0.5) is 0 Å². The lowest BCUT2D eigenvalue weighted by Gasteiger charge is -2.26. The Bertz CT molecular complexity index is 758. The molecule has 0 saturated carbocycles. The van der Waals surface area contributed by atoms with E-state index in [9.17, 15) is 13.2 Å². The Hall–Kier alpha value is -1.64. The molecule has 0 spiro atoms. The third kappa shape index (κ3) is 6.97. The molecule has 1 aromatic carbocycles. The Labute approximate surface area is 174 Å². The Balaban J connectivity index is 1.98. The molecule has 1 aliphatic rings. The van der Waals surface area contributed by atoms with Gasteiger partial charge in [0.1, 0.15) is 5.75 Å². The second-order valence-corrected chi connectivity index (χ2v) is 9.67. The zero-order valence-electron chi connectivity index (χ0n) is 17.8. The molecule has 1 amide bonds. The number of hydrogen-bond donors (Lipinski definition) is 1. The summed E-state index contributed by atoms with van der Waals surface area (Å²) in [6.45, 7) is 6.38. The van der Waals surface area contributed by atoms with Crippen LogP contribution in [-0.2, 0) is 14.8 Å². The van der Waals surface area contributed by atoms with Gasteiger partial charge in [0.25, 0.3) is 5.91 Å². The number of ether oxygens (including phenoxy) is 2. The van der Waals surface area contributed by atoms with Crippen molar-refractivity contribution in [2.45, 2.75) is 50.8 Å². The minimum atomic E-state index is -3.67. The second-order valence-electron chi connectivity index (χ2n) is 7.73. The number of amides is 1. The van der Waals surface area contributed by atoms with Crippen LogP contribution in [0.15, 0.2) is 23.1 Å². The zero-order valence-corrected chi connectivity index (χ0v) is 18.6. The first-order valence-electron chi connectivity index (χ1n) is 10.4. The van der Waals surface area contributed by atoms with Gasteiger partial charge in [0.2, 0.25) is 10.0 Å². The average Bonchev–Trinajstić information content (AvgIpc) is 2.72. The summed E-state index contributed by atoms with van der Waals surface area (Å²) >= 11 is 0. The molecule has 1 fully saturated rings. The molecule has 1 aromatic rings. The number of carbonyl (C=O) groups is 1. The summed E-state index contributed by atoms with van der Waals surface area (Å²) in [5.74, 6) is 0.770. The largest absolute Gasteiger partial charge is 0.496 e. The highest BCUT2D eigenvalue weighted by Crippen LogP contribution is 2.25. The molecule has 8 heteroatoms. The summed E-state index contributed by atoms with van der Waals surface area (Å²) in [6.07, 6.45) is 5.56. The fourth-order valence-corrected chi connectivity index (χ4v) is 4.72. The molecule has 7 nitrogen and oxygen atoms in total. The van der Waals surface area contributed by atoms with Gasteiger partial charge in [-0.25, -0.2) is 8.42 Å². The van der Waals surface area contributed by atoms with E-state index >= 15 is 0 Å². The van der Waals surface area contributed by atoms with Gasteiger partial charge >= 0.3 is 0 Å². The molecule has 1 heterocycles. The van der Waals surface area contributed by atoms with Crippen molar-refractivity contribution in [1.29, 1.82) is 0 Å². The number of nitrogens with one attached hydrogen (secondary N) is 1. The molecular formula is C21H34N2O5S. The van der Waals surface area contributed by atoms with Crippen molar-refractivity contribution < 1.29 is 22.7 Å². The normalized spacial score (nSPS) is 15.4. The van der Waals surface area contributed by atoms with Crippen LogP contribution in [0.2, 0.25) is 0 Å². The molecule has 0 aromatic heterocycles. The number of sulfonamides is 1. The molecular weight excluding hydrogens is 392 g/mol. The molecule has 29 heavy (non-hydrogen) atoms. The van der Waals surface area contributed by atoms with Gasteiger partial charge in [-0.1, -0.05) is 39.5 Å². The number of morpholine rings is 1. The number of hydrogen-bond acceptors (Lipinski definition) is 5. The third-order valence-electron chi connectivity index (χ3n) is 5.02. The van der Waals surface area contributed by atoms with Gasteiger partial charge in [0.05, 0.1) is 30.8 Å². The van der Waals surface area contributed by atoms with Crippen LogP contribution in [0.1, 0.15) is 56.3 Å². The predicted octanol–water partition coefficient (Wildman–Crippen LogP) is 3.05. The lowest BCUT2D eigenvalue weighted by Crippen LogP contribution is -2.40. The first-order valence-corrected chi connectivity index (χ1v) is 11.8. The van der Waals surface area contributed by atoms with Gasteiger partial charge in [-0.15, -0.1) is 0 Å². The van der Waals surface area contributed by atoms with Gasteiger partial charge in [-0.3, -0.25) is 4.79 Å². The summed E-state index contributed by atoms with van der Waals surface area (Å²) < 4.78 is 37.6. The molecule has 0 radical (unpaired) electrons. The third-order valence-corrected chi connectivity index (χ3v) is 6.91. The second kappa shape index (κ2) is 11.5. The van der Waals surface area contributed by atoms with Crippen molar-refractivity contribution in [2.75, 3.05) is 40.0 Å². The molecule has 1 aliphatic heterocycles. The number of methoxy groups -OCH3 is 1. The molecule has 1 N–H and O–H groups in total. The van der Waals surface area contributed by atoms with Crippen molar-refractivity contribution in [3.05, 3.63) is 23.8 Å². The van der Waals surface area contributed by atoms with Crippen molar-refractivity contribution >= 4 is 15.9 Å². The molecule has 0 aliphatic carbocycles. The van der Waals surface area contributed by atoms with Crippen LogP contribution in [0, 0.1) is 5.92 Å². The van der Waals surface area contributed by atoms with Crippen LogP contribution in [0.3, 0.4) is 0 Å². The summed E-state index contributed by atoms with van der Waals surface area (Å²) in [6, 6.07) is 4.42. The summed E-state index contributed by atoms with van der Waals surface area (Å²) in [7, 11) is -2.20. The van der Waals surface area contributed by atoms with E-state index in [-0.39, 0.29) is 16.4 Å². The van der Waals surface area contributed by atoms with Crippen molar-refractivity contribution in [1.82, 2.24) is 9.62 Å². The SMILES string of the molecule is COc1ccc(S(=O)(=O)N2CCOCC2)cc1C(=O)NCCCCCCC(C)C. The number of carbonyl (C=O) groups excluding carboxylic acids is 1. The topological polar surface area (TPSA) is 84.9 Å². The maximum atomic E-state index is 12.9. The number of benzene rings is 1. The predicted molar refractivity (Wildman–Crippen MR) is 113 cm³/mol. The Morgan fingerprint density at radius 2 is 1.86 bits per heavy atom. The van der Waals surface area contributed by atoms with Gasteiger partial charge in [0.15, 0.2) is 0 Å². The zero-order chi connectivity index (χ0) is 21.3. The standard InChI is InChI=1S/C21H34N2O5S/c1-17(2)8-6-4-5-7-11-22-21(24)19-16-18(9-10-20(19)27-3)29(25,26)23-12-14-28-15-13-23/h9-10,16-17H,4-8,11-15H2,1-3H3,(H,22,24). The molecule has 2 rings (SSSR count). The van der Waals surface area contributed by atoms with E-state index in [1.165, 1.54) is 42.5 Å². The summed E-state index contributed by atoms with van der Waals surface area (Å²) in [4.78, 5) is 12.7. The molecule has 0 unspecified atom stereocenters. The number of rotatable bonds is 11. The van der Waals surface area contributed by atoms with Gasteiger partial charge < -0.3 is 14.8 Å². The highest BCUT2D eigenvalue weighted by molar-refractivity contribution is 7.89. The fraction of sp³-hybridized carbons (Fsp3) is 0.667. The monoisotopic (exact) mass is 426 g/mol. The van der Waals surface area contributed by atoms with Crippen molar-refractivity contribution in [3.63, 3.8) is 0 Å². The highest BCUT2D eigenvalue weighted by atomic mass is 32.2. The molecule has 1 saturated heterocycles. The number of unbranched alkanes of at least 4 members (excludes halogenated alkanes) is 3. The summed E-state index contributed by atoms with van der Waals surface area (Å²) in [5.41, 5.74) is 0.238. The molecule has 0 atom stereocenters. The molecule has 0 bridgehead atoms. The lowest BCUT2D eigenvalue weighted by molar-refractivity contribution is 0.0730. The van der Waals surface area contributed by atoms with E-state index in [1.54, 1.807) is 0 Å². The van der Waals surface area contributed by atoms with Crippen LogP contribution < -0.4 is 10.1 Å². The minimum Gasteiger partial charge on any atom is -0.496 e. The maximum absolute atomic E-state index is 12.9. The van der Waals surface area contributed by atoms with Crippen LogP contribution in [-0.4, -0.2) is 58.6 Å². The average molecular weight is 427 g/mol. The van der Waals surface area contributed by atoms with Gasteiger partial charge in [0, 0.05) is 19.6 Å². The smallest absolute Gasteiger partial charge is 0.255 e.